The molecule has 23 heavy (non-hydrogen) atoms. The average Bonchev–Trinajstić information content (AvgIpc) is 3.02. The molecule has 2 aliphatic heterocycles. The Kier molecular flexibility index (Phi) is 8.59. The third kappa shape index (κ3) is 7.34. The maximum absolute atomic E-state index is 4.33. The van der Waals surface area contributed by atoms with Crippen molar-refractivity contribution >= 4 is 17.7 Å². The molecular weight excluding hydrogens is 304 g/mol. The number of guanidine groups is 1. The normalized spacial score (nSPS) is 29.7. The molecule has 2 heterocycles. The van der Waals surface area contributed by atoms with Crippen LogP contribution in [0.25, 0.3) is 0 Å². The fraction of sp³-hybridized carbons (Fsp3) is 0.944. The highest BCUT2D eigenvalue weighted by molar-refractivity contribution is 8.00. The lowest BCUT2D eigenvalue weighted by Gasteiger charge is -2.34. The Labute approximate surface area is 147 Å². The van der Waals surface area contributed by atoms with E-state index >= 15 is 0 Å². The average molecular weight is 341 g/mol. The maximum Gasteiger partial charge on any atom is 0.191 e. The van der Waals surface area contributed by atoms with Crippen LogP contribution < -0.4 is 10.6 Å². The second-order valence-corrected chi connectivity index (χ2v) is 8.84. The van der Waals surface area contributed by atoms with Gasteiger partial charge in [-0.2, -0.15) is 11.8 Å². The molecule has 2 N–H and O–H groups in total. The standard InChI is InChI=1S/C18H36N4S/c1-15-11-16(2)14-22(13-15)9-5-4-8-20-18(19-3)21-12-17-7-6-10-23-17/h15-17H,4-14H2,1-3H3,(H2,19,20,21). The Balaban J connectivity index is 1.51. The van der Waals surface area contributed by atoms with E-state index in [1.54, 1.807) is 0 Å². The summed E-state index contributed by atoms with van der Waals surface area (Å²) in [6.07, 6.45) is 6.62. The minimum atomic E-state index is 0.775. The number of hydrogen-bond donors (Lipinski definition) is 2. The number of rotatable bonds is 7. The fourth-order valence-corrected chi connectivity index (χ4v) is 5.08. The van der Waals surface area contributed by atoms with Crippen molar-refractivity contribution in [1.29, 1.82) is 0 Å². The van der Waals surface area contributed by atoms with Gasteiger partial charge in [0.15, 0.2) is 5.96 Å². The van der Waals surface area contributed by atoms with Crippen molar-refractivity contribution < 1.29 is 0 Å². The first kappa shape index (κ1) is 18.9. The van der Waals surface area contributed by atoms with Crippen molar-refractivity contribution in [3.8, 4) is 0 Å². The lowest BCUT2D eigenvalue weighted by molar-refractivity contribution is 0.139. The first-order chi connectivity index (χ1) is 11.2. The highest BCUT2D eigenvalue weighted by Crippen LogP contribution is 2.25. The third-order valence-corrected chi connectivity index (χ3v) is 6.28. The zero-order chi connectivity index (χ0) is 16.5. The summed E-state index contributed by atoms with van der Waals surface area (Å²) in [7, 11) is 1.87. The van der Waals surface area contributed by atoms with Crippen LogP contribution >= 0.6 is 11.8 Å². The zero-order valence-corrected chi connectivity index (χ0v) is 16.1. The van der Waals surface area contributed by atoms with Crippen LogP contribution in [0.1, 0.15) is 46.0 Å². The van der Waals surface area contributed by atoms with Crippen LogP contribution in [0.3, 0.4) is 0 Å². The maximum atomic E-state index is 4.33. The number of unbranched alkanes of at least 4 members (excludes halogenated alkanes) is 1. The summed E-state index contributed by atoms with van der Waals surface area (Å²) in [5.74, 6) is 4.03. The van der Waals surface area contributed by atoms with Gasteiger partial charge >= 0.3 is 0 Å². The van der Waals surface area contributed by atoms with Gasteiger partial charge < -0.3 is 15.5 Å². The van der Waals surface area contributed by atoms with Crippen LogP contribution in [-0.2, 0) is 0 Å². The van der Waals surface area contributed by atoms with Crippen LogP contribution in [0.2, 0.25) is 0 Å². The predicted molar refractivity (Wildman–Crippen MR) is 103 cm³/mol. The lowest BCUT2D eigenvalue weighted by Crippen LogP contribution is -2.41. The van der Waals surface area contributed by atoms with Crippen molar-refractivity contribution in [2.24, 2.45) is 16.8 Å². The molecular formula is C18H36N4S. The number of nitrogens with one attached hydrogen (secondary N) is 2. The molecule has 2 rings (SSSR count). The molecule has 0 aliphatic carbocycles. The van der Waals surface area contributed by atoms with Crippen LogP contribution in [0.5, 0.6) is 0 Å². The Bertz CT molecular complexity index is 345. The first-order valence-corrected chi connectivity index (χ1v) is 10.5. The van der Waals surface area contributed by atoms with E-state index in [4.69, 9.17) is 0 Å². The molecule has 0 spiro atoms. The summed E-state index contributed by atoms with van der Waals surface area (Å²) >= 11 is 2.09. The van der Waals surface area contributed by atoms with Crippen LogP contribution in [0.4, 0.5) is 0 Å². The minimum absolute atomic E-state index is 0.775. The van der Waals surface area contributed by atoms with Gasteiger partial charge in [-0.25, -0.2) is 0 Å². The molecule has 2 saturated heterocycles. The van der Waals surface area contributed by atoms with Gasteiger partial charge in [0.25, 0.3) is 0 Å². The lowest BCUT2D eigenvalue weighted by atomic mass is 9.92. The van der Waals surface area contributed by atoms with Crippen LogP contribution in [0.15, 0.2) is 4.99 Å². The molecule has 0 aromatic carbocycles. The molecule has 134 valence electrons. The summed E-state index contributed by atoms with van der Waals surface area (Å²) in [4.78, 5) is 6.99. The molecule has 0 bridgehead atoms. The number of piperidine rings is 1. The number of thioether (sulfide) groups is 1. The fourth-order valence-electron chi connectivity index (χ4n) is 3.88. The molecule has 0 radical (unpaired) electrons. The van der Waals surface area contributed by atoms with Gasteiger partial charge in [0.05, 0.1) is 0 Å². The largest absolute Gasteiger partial charge is 0.356 e. The number of aliphatic imine (C=N–C) groups is 1. The van der Waals surface area contributed by atoms with E-state index in [9.17, 15) is 0 Å². The SMILES string of the molecule is CN=C(NCCCCN1CC(C)CC(C)C1)NCC1CCCS1. The van der Waals surface area contributed by atoms with Crippen LogP contribution in [-0.4, -0.2) is 61.6 Å². The topological polar surface area (TPSA) is 39.7 Å². The number of likely N-dealkylation sites (tertiary alicyclic amines) is 1. The molecule has 5 heteroatoms. The van der Waals surface area contributed by atoms with Crippen molar-refractivity contribution in [1.82, 2.24) is 15.5 Å². The van der Waals surface area contributed by atoms with Crippen molar-refractivity contribution in [2.45, 2.75) is 51.2 Å². The van der Waals surface area contributed by atoms with Gasteiger partial charge in [0, 0.05) is 38.5 Å². The molecule has 0 saturated carbocycles. The summed E-state index contributed by atoms with van der Waals surface area (Å²) < 4.78 is 0. The van der Waals surface area contributed by atoms with E-state index in [0.717, 1.165) is 36.1 Å². The highest BCUT2D eigenvalue weighted by atomic mass is 32.2. The smallest absolute Gasteiger partial charge is 0.191 e. The van der Waals surface area contributed by atoms with E-state index in [2.05, 4.69) is 46.1 Å². The first-order valence-electron chi connectivity index (χ1n) is 9.46. The highest BCUT2D eigenvalue weighted by Gasteiger charge is 2.21. The third-order valence-electron chi connectivity index (χ3n) is 4.88. The Morgan fingerprint density at radius 2 is 1.96 bits per heavy atom. The predicted octanol–water partition coefficient (Wildman–Crippen LogP) is 2.81. The van der Waals surface area contributed by atoms with Crippen LogP contribution in [0, 0.1) is 11.8 Å². The number of hydrogen-bond acceptors (Lipinski definition) is 3. The monoisotopic (exact) mass is 340 g/mol. The van der Waals surface area contributed by atoms with E-state index in [1.165, 1.54) is 57.5 Å². The molecule has 3 unspecified atom stereocenters. The van der Waals surface area contributed by atoms with Gasteiger partial charge in [0.2, 0.25) is 0 Å². The Hall–Kier alpha value is -0.420. The quantitative estimate of drug-likeness (QED) is 0.425. The van der Waals surface area contributed by atoms with E-state index in [-0.39, 0.29) is 0 Å². The summed E-state index contributed by atoms with van der Waals surface area (Å²) in [5.41, 5.74) is 0. The van der Waals surface area contributed by atoms with E-state index < -0.39 is 0 Å². The molecule has 3 atom stereocenters. The van der Waals surface area contributed by atoms with E-state index in [1.807, 2.05) is 7.05 Å². The van der Waals surface area contributed by atoms with E-state index in [0.29, 0.717) is 0 Å². The van der Waals surface area contributed by atoms with Crippen molar-refractivity contribution in [3.05, 3.63) is 0 Å². The zero-order valence-electron chi connectivity index (χ0n) is 15.3. The molecule has 0 aromatic rings. The Morgan fingerprint density at radius 3 is 2.61 bits per heavy atom. The van der Waals surface area contributed by atoms with Gasteiger partial charge in [-0.1, -0.05) is 13.8 Å². The minimum Gasteiger partial charge on any atom is -0.356 e. The second-order valence-electron chi connectivity index (χ2n) is 7.43. The molecule has 2 fully saturated rings. The van der Waals surface area contributed by atoms with Gasteiger partial charge in [-0.3, -0.25) is 4.99 Å². The van der Waals surface area contributed by atoms with Gasteiger partial charge in [-0.15, -0.1) is 0 Å². The molecule has 2 aliphatic rings. The molecule has 4 nitrogen and oxygen atoms in total. The summed E-state index contributed by atoms with van der Waals surface area (Å²) in [6.45, 7) is 10.7. The van der Waals surface area contributed by atoms with Crippen molar-refractivity contribution in [3.63, 3.8) is 0 Å². The van der Waals surface area contributed by atoms with Gasteiger partial charge in [-0.05, 0) is 56.2 Å². The number of nitrogens with zero attached hydrogens (tertiary/aromatic N) is 2. The van der Waals surface area contributed by atoms with Crippen molar-refractivity contribution in [2.75, 3.05) is 45.5 Å². The second kappa shape index (κ2) is 10.4. The van der Waals surface area contributed by atoms with Gasteiger partial charge in [0.1, 0.15) is 0 Å². The molecule has 0 aromatic heterocycles. The summed E-state index contributed by atoms with van der Waals surface area (Å²) in [6, 6.07) is 0. The Morgan fingerprint density at radius 1 is 1.17 bits per heavy atom. The summed E-state index contributed by atoms with van der Waals surface area (Å²) in [5, 5.41) is 7.71. The molecule has 0 amide bonds.